The molecule has 32 heavy (non-hydrogen) atoms. The molecule has 0 aromatic heterocycles. The molecule has 6 fully saturated rings. The van der Waals surface area contributed by atoms with Crippen LogP contribution in [0.2, 0.25) is 0 Å². The Bertz CT molecular complexity index is 818. The van der Waals surface area contributed by atoms with Crippen molar-refractivity contribution < 1.29 is 0 Å². The first-order valence-electron chi connectivity index (χ1n) is 14.2. The Morgan fingerprint density at radius 3 is 1.62 bits per heavy atom. The molecule has 8 aliphatic rings. The highest BCUT2D eigenvalue weighted by molar-refractivity contribution is 5.30. The van der Waals surface area contributed by atoms with Gasteiger partial charge in [-0.05, 0) is 127 Å². The summed E-state index contributed by atoms with van der Waals surface area (Å²) >= 11 is 0. The minimum absolute atomic E-state index is 0.421. The van der Waals surface area contributed by atoms with E-state index in [-0.39, 0.29) is 0 Å². The molecule has 0 heteroatoms. The first kappa shape index (κ1) is 20.3. The van der Waals surface area contributed by atoms with Gasteiger partial charge in [0.1, 0.15) is 0 Å². The zero-order valence-corrected chi connectivity index (χ0v) is 20.6. The second-order valence-electron chi connectivity index (χ2n) is 14.1. The van der Waals surface area contributed by atoms with Crippen LogP contribution in [0, 0.1) is 75.9 Å². The predicted molar refractivity (Wildman–Crippen MR) is 134 cm³/mol. The van der Waals surface area contributed by atoms with Gasteiger partial charge in [-0.2, -0.15) is 0 Å². The van der Waals surface area contributed by atoms with Gasteiger partial charge < -0.3 is 0 Å². The Morgan fingerprint density at radius 2 is 1.09 bits per heavy atom. The fraction of sp³-hybridized carbons (Fsp3) is 0.750. The van der Waals surface area contributed by atoms with Crippen LogP contribution in [0.4, 0.5) is 0 Å². The summed E-state index contributed by atoms with van der Waals surface area (Å²) in [5, 5.41) is 0. The molecular formula is C32H44. The van der Waals surface area contributed by atoms with E-state index >= 15 is 0 Å². The van der Waals surface area contributed by atoms with Gasteiger partial charge in [0, 0.05) is 0 Å². The molecule has 0 aliphatic heterocycles. The minimum Gasteiger partial charge on any atom is -0.0805 e. The van der Waals surface area contributed by atoms with Crippen LogP contribution < -0.4 is 0 Å². The van der Waals surface area contributed by atoms with E-state index in [1.807, 2.05) is 0 Å². The average molecular weight is 429 g/mol. The normalized spacial score (nSPS) is 54.9. The van der Waals surface area contributed by atoms with E-state index in [2.05, 4.69) is 69.4 Å². The van der Waals surface area contributed by atoms with Crippen LogP contribution in [0.1, 0.15) is 72.1 Å². The Hall–Kier alpha value is -1.04. The maximum atomic E-state index is 2.78. The van der Waals surface area contributed by atoms with Crippen LogP contribution >= 0.6 is 0 Å². The van der Waals surface area contributed by atoms with Gasteiger partial charge in [-0.3, -0.25) is 0 Å². The van der Waals surface area contributed by atoms with Gasteiger partial charge in [-0.15, -0.1) is 0 Å². The fourth-order valence-electron chi connectivity index (χ4n) is 11.4. The van der Waals surface area contributed by atoms with Crippen molar-refractivity contribution >= 4 is 0 Å². The number of hydrogen-bond acceptors (Lipinski definition) is 0. The lowest BCUT2D eigenvalue weighted by Crippen LogP contribution is -2.54. The molecular weight excluding hydrogens is 384 g/mol. The molecule has 8 rings (SSSR count). The van der Waals surface area contributed by atoms with Gasteiger partial charge in [-0.1, -0.05) is 69.4 Å². The van der Waals surface area contributed by atoms with E-state index in [0.717, 1.165) is 65.1 Å². The molecule has 4 bridgehead atoms. The summed E-state index contributed by atoms with van der Waals surface area (Å²) in [5.74, 6) is 9.91. The van der Waals surface area contributed by atoms with Crippen LogP contribution in [0.25, 0.3) is 0 Å². The standard InChI is InChI=1S/C32H44/c1-31(2,30-28-10-6-4-8-26(28)27-9-5-7-11-29(27)30)22-12-13-23(19-22)32(3)24-15-20-14-21(17-24)18-25(32)16-20/h4-11,20-30H,12-19H2,1-3H3/t20?,21?,22?,23-,24?,25?,26-,27+,28?,29?,30?,32?/m1/s1. The summed E-state index contributed by atoms with van der Waals surface area (Å²) in [6.07, 6.45) is 32.0. The summed E-state index contributed by atoms with van der Waals surface area (Å²) in [4.78, 5) is 0. The summed E-state index contributed by atoms with van der Waals surface area (Å²) in [5.41, 5.74) is 1.09. The van der Waals surface area contributed by atoms with E-state index in [0.29, 0.717) is 10.8 Å². The van der Waals surface area contributed by atoms with E-state index in [1.54, 1.807) is 32.1 Å². The third kappa shape index (κ3) is 2.68. The van der Waals surface area contributed by atoms with Gasteiger partial charge >= 0.3 is 0 Å². The molecule has 172 valence electrons. The van der Waals surface area contributed by atoms with E-state index in [4.69, 9.17) is 0 Å². The lowest BCUT2D eigenvalue weighted by Gasteiger charge is -2.62. The van der Waals surface area contributed by atoms with Crippen LogP contribution in [-0.2, 0) is 0 Å². The maximum absolute atomic E-state index is 2.78. The summed E-state index contributed by atoms with van der Waals surface area (Å²) in [6.45, 7) is 8.15. The highest BCUT2D eigenvalue weighted by atomic mass is 14.7. The SMILES string of the molecule is CC(C)(C1CC[C@@H](C2(C)C3CC4CC(C3)CC2C4)C1)C1C2C=CC=C[C@H]2[C@H]2C=CC=CC12. The largest absolute Gasteiger partial charge is 0.0805 e. The van der Waals surface area contributed by atoms with Crippen LogP contribution in [0.5, 0.6) is 0 Å². The molecule has 0 heterocycles. The van der Waals surface area contributed by atoms with E-state index in [1.165, 1.54) is 19.3 Å². The summed E-state index contributed by atoms with van der Waals surface area (Å²) in [7, 11) is 0. The first-order chi connectivity index (χ1) is 15.5. The van der Waals surface area contributed by atoms with Crippen molar-refractivity contribution in [3.05, 3.63) is 48.6 Å². The number of allylic oxidation sites excluding steroid dienone is 8. The van der Waals surface area contributed by atoms with Crippen LogP contribution in [0.15, 0.2) is 48.6 Å². The van der Waals surface area contributed by atoms with Crippen LogP contribution in [-0.4, -0.2) is 0 Å². The Balaban J connectivity index is 1.16. The second kappa shape index (κ2) is 6.99. The van der Waals surface area contributed by atoms with Crippen molar-refractivity contribution in [3.8, 4) is 0 Å². The molecule has 0 spiro atoms. The van der Waals surface area contributed by atoms with Crippen molar-refractivity contribution in [2.24, 2.45) is 75.9 Å². The number of rotatable bonds is 3. The van der Waals surface area contributed by atoms with Crippen LogP contribution in [0.3, 0.4) is 0 Å². The van der Waals surface area contributed by atoms with Crippen molar-refractivity contribution in [2.45, 2.75) is 72.1 Å². The zero-order valence-electron chi connectivity index (χ0n) is 20.6. The van der Waals surface area contributed by atoms with Crippen molar-refractivity contribution in [2.75, 3.05) is 0 Å². The summed E-state index contributed by atoms with van der Waals surface area (Å²) in [6, 6.07) is 0. The topological polar surface area (TPSA) is 0 Å². The van der Waals surface area contributed by atoms with E-state index in [9.17, 15) is 0 Å². The Kier molecular flexibility index (Phi) is 4.44. The Labute approximate surface area is 196 Å². The van der Waals surface area contributed by atoms with Crippen molar-refractivity contribution in [3.63, 3.8) is 0 Å². The molecule has 0 aromatic rings. The smallest absolute Gasteiger partial charge is 0.00954 e. The first-order valence-corrected chi connectivity index (χ1v) is 14.2. The lowest BCUT2D eigenvalue weighted by molar-refractivity contribution is -0.130. The maximum Gasteiger partial charge on any atom is -0.00954 e. The monoisotopic (exact) mass is 428 g/mol. The molecule has 0 aromatic carbocycles. The second-order valence-corrected chi connectivity index (χ2v) is 14.1. The van der Waals surface area contributed by atoms with E-state index < -0.39 is 0 Å². The van der Waals surface area contributed by atoms with Gasteiger partial charge in [0.15, 0.2) is 0 Å². The Morgan fingerprint density at radius 1 is 0.594 bits per heavy atom. The highest BCUT2D eigenvalue weighted by Gasteiger charge is 2.60. The molecule has 8 aliphatic carbocycles. The quantitative estimate of drug-likeness (QED) is 0.424. The fourth-order valence-corrected chi connectivity index (χ4v) is 11.4. The van der Waals surface area contributed by atoms with Crippen molar-refractivity contribution in [1.29, 1.82) is 0 Å². The minimum atomic E-state index is 0.421. The van der Waals surface area contributed by atoms with Gasteiger partial charge in [0.2, 0.25) is 0 Å². The van der Waals surface area contributed by atoms with Crippen molar-refractivity contribution in [1.82, 2.24) is 0 Å². The zero-order chi connectivity index (χ0) is 21.7. The molecule has 7 atom stereocenters. The molecule has 0 nitrogen and oxygen atoms in total. The number of fused-ring (bicyclic) bond motifs is 3. The van der Waals surface area contributed by atoms with Gasteiger partial charge in [-0.25, -0.2) is 0 Å². The molecule has 0 amide bonds. The molecule has 6 saturated carbocycles. The molecule has 4 unspecified atom stereocenters. The third-order valence-electron chi connectivity index (χ3n) is 12.8. The van der Waals surface area contributed by atoms with Gasteiger partial charge in [0.25, 0.3) is 0 Å². The average Bonchev–Trinajstić information content (AvgIpc) is 3.41. The summed E-state index contributed by atoms with van der Waals surface area (Å²) < 4.78 is 0. The predicted octanol–water partition coefficient (Wildman–Crippen LogP) is 8.24. The number of hydrogen-bond donors (Lipinski definition) is 0. The highest BCUT2D eigenvalue weighted by Crippen LogP contribution is 2.69. The third-order valence-corrected chi connectivity index (χ3v) is 12.8. The lowest BCUT2D eigenvalue weighted by atomic mass is 9.43. The van der Waals surface area contributed by atoms with Gasteiger partial charge in [0.05, 0.1) is 0 Å². The molecule has 0 radical (unpaired) electrons. The molecule has 0 N–H and O–H groups in total. The molecule has 0 saturated heterocycles.